The zero-order valence-electron chi connectivity index (χ0n) is 18.9. The van der Waals surface area contributed by atoms with Gasteiger partial charge < -0.3 is 25.1 Å². The molecule has 176 valence electrons. The second-order valence-electron chi connectivity index (χ2n) is 8.37. The SMILES string of the molecule is CCNC(=NCc1ccc(N2CCC(CO)CC2)cc1)N1CCN(c2cccs2)CC1.I. The number of hydrogen-bond acceptors (Lipinski definition) is 5. The zero-order valence-corrected chi connectivity index (χ0v) is 22.1. The monoisotopic (exact) mass is 569 g/mol. The number of rotatable bonds is 6. The molecule has 8 heteroatoms. The Hall–Kier alpha value is -1.52. The number of anilines is 2. The van der Waals surface area contributed by atoms with Crippen LogP contribution in [0.25, 0.3) is 0 Å². The second-order valence-corrected chi connectivity index (χ2v) is 9.30. The lowest BCUT2D eigenvalue weighted by Gasteiger charge is -2.37. The van der Waals surface area contributed by atoms with E-state index in [1.54, 1.807) is 0 Å². The van der Waals surface area contributed by atoms with Crippen molar-refractivity contribution in [1.82, 2.24) is 10.2 Å². The summed E-state index contributed by atoms with van der Waals surface area (Å²) in [6.45, 7) is 10.1. The van der Waals surface area contributed by atoms with Crippen LogP contribution >= 0.6 is 35.3 Å². The number of halogens is 1. The number of aliphatic imine (C=N–C) groups is 1. The van der Waals surface area contributed by atoms with Gasteiger partial charge in [-0.05, 0) is 60.9 Å². The van der Waals surface area contributed by atoms with Crippen molar-refractivity contribution in [2.24, 2.45) is 10.9 Å². The molecule has 2 fully saturated rings. The summed E-state index contributed by atoms with van der Waals surface area (Å²) in [5.41, 5.74) is 2.52. The quantitative estimate of drug-likeness (QED) is 0.315. The average Bonchev–Trinajstić information content (AvgIpc) is 3.37. The fraction of sp³-hybridized carbons (Fsp3) is 0.542. The van der Waals surface area contributed by atoms with Crippen molar-refractivity contribution < 1.29 is 5.11 Å². The first kappa shape index (κ1) is 25.1. The molecule has 2 aromatic rings. The van der Waals surface area contributed by atoms with Crippen molar-refractivity contribution in [1.29, 1.82) is 0 Å². The molecule has 2 N–H and O–H groups in total. The molecule has 0 spiro atoms. The summed E-state index contributed by atoms with van der Waals surface area (Å²) in [6, 6.07) is 13.2. The molecule has 32 heavy (non-hydrogen) atoms. The lowest BCUT2D eigenvalue weighted by Crippen LogP contribution is -2.52. The number of piperidine rings is 1. The number of nitrogens with one attached hydrogen (secondary N) is 1. The van der Waals surface area contributed by atoms with E-state index in [2.05, 4.69) is 68.7 Å². The maximum Gasteiger partial charge on any atom is 0.194 e. The van der Waals surface area contributed by atoms with Crippen molar-refractivity contribution in [2.75, 3.05) is 62.2 Å². The van der Waals surface area contributed by atoms with Crippen LogP contribution in [0.15, 0.2) is 46.8 Å². The molecule has 0 bridgehead atoms. The minimum atomic E-state index is 0. The van der Waals surface area contributed by atoms with Gasteiger partial charge in [-0.25, -0.2) is 4.99 Å². The number of hydrogen-bond donors (Lipinski definition) is 2. The first-order valence-corrected chi connectivity index (χ1v) is 12.4. The molecule has 0 saturated carbocycles. The van der Waals surface area contributed by atoms with E-state index < -0.39 is 0 Å². The number of benzene rings is 1. The fourth-order valence-electron chi connectivity index (χ4n) is 4.37. The summed E-state index contributed by atoms with van der Waals surface area (Å²) in [6.07, 6.45) is 2.16. The van der Waals surface area contributed by atoms with Gasteiger partial charge in [0.25, 0.3) is 0 Å². The molecule has 0 amide bonds. The van der Waals surface area contributed by atoms with Gasteiger partial charge >= 0.3 is 0 Å². The van der Waals surface area contributed by atoms with Gasteiger partial charge in [0.05, 0.1) is 11.5 Å². The minimum absolute atomic E-state index is 0. The highest BCUT2D eigenvalue weighted by molar-refractivity contribution is 14.0. The van der Waals surface area contributed by atoms with Crippen LogP contribution in [-0.4, -0.2) is 68.4 Å². The highest BCUT2D eigenvalue weighted by atomic mass is 127. The van der Waals surface area contributed by atoms with Gasteiger partial charge in [-0.15, -0.1) is 35.3 Å². The van der Waals surface area contributed by atoms with Crippen LogP contribution in [0.4, 0.5) is 10.7 Å². The Morgan fingerprint density at radius 1 is 1.03 bits per heavy atom. The first-order valence-electron chi connectivity index (χ1n) is 11.5. The average molecular weight is 570 g/mol. The summed E-state index contributed by atoms with van der Waals surface area (Å²) in [5.74, 6) is 1.49. The smallest absolute Gasteiger partial charge is 0.194 e. The maximum absolute atomic E-state index is 9.34. The third kappa shape index (κ3) is 6.51. The minimum Gasteiger partial charge on any atom is -0.396 e. The molecule has 1 aromatic carbocycles. The summed E-state index contributed by atoms with van der Waals surface area (Å²) in [4.78, 5) is 12.2. The fourth-order valence-corrected chi connectivity index (χ4v) is 5.15. The molecular weight excluding hydrogens is 533 g/mol. The number of thiophene rings is 1. The van der Waals surface area contributed by atoms with E-state index in [9.17, 15) is 5.11 Å². The second kappa shape index (κ2) is 12.6. The largest absolute Gasteiger partial charge is 0.396 e. The Balaban J connectivity index is 0.00000289. The summed E-state index contributed by atoms with van der Waals surface area (Å²) in [5, 5.41) is 16.3. The van der Waals surface area contributed by atoms with Crippen molar-refractivity contribution >= 4 is 52.0 Å². The Morgan fingerprint density at radius 3 is 2.34 bits per heavy atom. The molecule has 1 aromatic heterocycles. The molecule has 2 aliphatic rings. The van der Waals surface area contributed by atoms with Crippen LogP contribution in [0.5, 0.6) is 0 Å². The predicted octanol–water partition coefficient (Wildman–Crippen LogP) is 3.86. The van der Waals surface area contributed by atoms with E-state index in [-0.39, 0.29) is 24.0 Å². The molecule has 6 nitrogen and oxygen atoms in total. The highest BCUT2D eigenvalue weighted by Crippen LogP contribution is 2.24. The van der Waals surface area contributed by atoms with Crippen LogP contribution in [0.3, 0.4) is 0 Å². The number of nitrogens with zero attached hydrogens (tertiary/aromatic N) is 4. The van der Waals surface area contributed by atoms with E-state index in [0.29, 0.717) is 19.1 Å². The molecule has 0 unspecified atom stereocenters. The summed E-state index contributed by atoms with van der Waals surface area (Å²) < 4.78 is 0. The summed E-state index contributed by atoms with van der Waals surface area (Å²) in [7, 11) is 0. The summed E-state index contributed by atoms with van der Waals surface area (Å²) >= 11 is 1.82. The van der Waals surface area contributed by atoms with E-state index in [1.165, 1.54) is 16.3 Å². The Kier molecular flexibility index (Phi) is 9.92. The van der Waals surface area contributed by atoms with Crippen molar-refractivity contribution in [2.45, 2.75) is 26.3 Å². The molecule has 2 aliphatic heterocycles. The topological polar surface area (TPSA) is 54.3 Å². The lowest BCUT2D eigenvalue weighted by atomic mass is 9.97. The molecular formula is C24H36IN5OS. The van der Waals surface area contributed by atoms with Gasteiger partial charge in [0.15, 0.2) is 5.96 Å². The predicted molar refractivity (Wildman–Crippen MR) is 147 cm³/mol. The Morgan fingerprint density at radius 2 is 1.75 bits per heavy atom. The zero-order chi connectivity index (χ0) is 21.5. The van der Waals surface area contributed by atoms with Crippen molar-refractivity contribution in [3.05, 3.63) is 47.3 Å². The van der Waals surface area contributed by atoms with Crippen LogP contribution in [0.2, 0.25) is 0 Å². The van der Waals surface area contributed by atoms with Gasteiger partial charge in [-0.2, -0.15) is 0 Å². The first-order chi connectivity index (χ1) is 15.3. The number of guanidine groups is 1. The third-order valence-electron chi connectivity index (χ3n) is 6.32. The van der Waals surface area contributed by atoms with E-state index >= 15 is 0 Å². The van der Waals surface area contributed by atoms with Crippen LogP contribution < -0.4 is 15.1 Å². The number of aliphatic hydroxyl groups is 1. The number of piperazine rings is 1. The normalized spacial score (nSPS) is 17.9. The van der Waals surface area contributed by atoms with Gasteiger partial charge in [0, 0.05) is 58.1 Å². The van der Waals surface area contributed by atoms with Crippen LogP contribution in [0, 0.1) is 5.92 Å². The molecule has 3 heterocycles. The molecule has 4 rings (SSSR count). The van der Waals surface area contributed by atoms with Crippen molar-refractivity contribution in [3.8, 4) is 0 Å². The third-order valence-corrected chi connectivity index (χ3v) is 7.25. The van der Waals surface area contributed by atoms with Crippen molar-refractivity contribution in [3.63, 3.8) is 0 Å². The van der Waals surface area contributed by atoms with Crippen LogP contribution in [-0.2, 0) is 6.54 Å². The van der Waals surface area contributed by atoms with E-state index in [0.717, 1.165) is 64.6 Å². The van der Waals surface area contributed by atoms with Gasteiger partial charge in [-0.3, -0.25) is 0 Å². The maximum atomic E-state index is 9.34. The van der Waals surface area contributed by atoms with Gasteiger partial charge in [0.1, 0.15) is 0 Å². The van der Waals surface area contributed by atoms with Gasteiger partial charge in [-0.1, -0.05) is 12.1 Å². The standard InChI is InChI=1S/C24H35N5OS.HI/c1-2-25-24(29-15-13-28(14-16-29)23-4-3-17-31-23)26-18-20-5-7-22(8-6-20)27-11-9-21(19-30)10-12-27;/h3-8,17,21,30H,2,9-16,18-19H2,1H3,(H,25,26);1H. The van der Waals surface area contributed by atoms with E-state index in [1.807, 2.05) is 11.3 Å². The molecule has 0 aliphatic carbocycles. The molecule has 0 atom stereocenters. The van der Waals surface area contributed by atoms with E-state index in [4.69, 9.17) is 4.99 Å². The lowest BCUT2D eigenvalue weighted by molar-refractivity contribution is 0.203. The number of aliphatic hydroxyl groups excluding tert-OH is 1. The Bertz CT molecular complexity index is 813. The van der Waals surface area contributed by atoms with Crippen LogP contribution in [0.1, 0.15) is 25.3 Å². The molecule has 0 radical (unpaired) electrons. The Labute approximate surface area is 213 Å². The van der Waals surface area contributed by atoms with Gasteiger partial charge in [0.2, 0.25) is 0 Å². The highest BCUT2D eigenvalue weighted by Gasteiger charge is 2.21. The molecule has 2 saturated heterocycles.